The fraction of sp³-hybridized carbons (Fsp3) is 0.875. The van der Waals surface area contributed by atoms with E-state index in [0.717, 1.165) is 12.8 Å². The first-order valence-corrected chi connectivity index (χ1v) is 4.20. The molecule has 0 heterocycles. The average molecular weight is 158 g/mol. The Labute approximate surface area is 68.3 Å². The minimum Gasteiger partial charge on any atom is -0.354 e. The van der Waals surface area contributed by atoms with E-state index in [0.29, 0.717) is 19.0 Å². The van der Waals surface area contributed by atoms with Gasteiger partial charge in [-0.2, -0.15) is 0 Å². The van der Waals surface area contributed by atoms with Gasteiger partial charge < -0.3 is 11.1 Å². The molecule has 0 aromatic rings. The molecule has 0 aliphatic heterocycles. The second-order valence-electron chi connectivity index (χ2n) is 2.80. The van der Waals surface area contributed by atoms with Crippen LogP contribution in [0.1, 0.15) is 33.1 Å². The molecule has 3 nitrogen and oxygen atoms in total. The largest absolute Gasteiger partial charge is 0.354 e. The van der Waals surface area contributed by atoms with Crippen molar-refractivity contribution in [1.29, 1.82) is 0 Å². The van der Waals surface area contributed by atoms with Crippen LogP contribution < -0.4 is 11.1 Å². The zero-order chi connectivity index (χ0) is 8.69. The van der Waals surface area contributed by atoms with Gasteiger partial charge in [0.25, 0.3) is 0 Å². The van der Waals surface area contributed by atoms with Gasteiger partial charge in [0.05, 0.1) is 0 Å². The van der Waals surface area contributed by atoms with Gasteiger partial charge in [0.1, 0.15) is 0 Å². The van der Waals surface area contributed by atoms with Crippen LogP contribution in [0.15, 0.2) is 0 Å². The van der Waals surface area contributed by atoms with Gasteiger partial charge in [0.2, 0.25) is 5.91 Å². The highest BCUT2D eigenvalue weighted by Gasteiger charge is 2.03. The molecular weight excluding hydrogens is 140 g/mol. The topological polar surface area (TPSA) is 55.1 Å². The summed E-state index contributed by atoms with van der Waals surface area (Å²) in [5.41, 5.74) is 5.22. The molecule has 3 heteroatoms. The molecule has 0 rings (SSSR count). The predicted octanol–water partition coefficient (Wildman–Crippen LogP) is 0.640. The number of rotatable bonds is 5. The zero-order valence-corrected chi connectivity index (χ0v) is 7.39. The molecule has 3 N–H and O–H groups in total. The molecule has 0 aliphatic carbocycles. The van der Waals surface area contributed by atoms with E-state index in [4.69, 9.17) is 5.73 Å². The maximum Gasteiger partial charge on any atom is 0.221 e. The van der Waals surface area contributed by atoms with E-state index in [2.05, 4.69) is 12.2 Å². The first kappa shape index (κ1) is 10.4. The number of nitrogens with two attached hydrogens (primary N) is 1. The number of carbonyl (C=O) groups excluding carboxylic acids is 1. The van der Waals surface area contributed by atoms with Crippen molar-refractivity contribution in [3.8, 4) is 0 Å². The number of hydrogen-bond donors (Lipinski definition) is 2. The molecule has 0 fully saturated rings. The summed E-state index contributed by atoms with van der Waals surface area (Å²) in [7, 11) is 0. The van der Waals surface area contributed by atoms with Crippen LogP contribution >= 0.6 is 0 Å². The van der Waals surface area contributed by atoms with Gasteiger partial charge >= 0.3 is 0 Å². The minimum atomic E-state index is 0.0634. The second-order valence-corrected chi connectivity index (χ2v) is 2.80. The van der Waals surface area contributed by atoms with Crippen molar-refractivity contribution in [2.45, 2.75) is 39.2 Å². The summed E-state index contributed by atoms with van der Waals surface area (Å²) in [6.45, 7) is 4.55. The van der Waals surface area contributed by atoms with Gasteiger partial charge in [-0.1, -0.05) is 13.3 Å². The fourth-order valence-corrected chi connectivity index (χ4v) is 0.983. The smallest absolute Gasteiger partial charge is 0.221 e. The van der Waals surface area contributed by atoms with Crippen molar-refractivity contribution in [3.05, 3.63) is 0 Å². The lowest BCUT2D eigenvalue weighted by Crippen LogP contribution is -2.33. The van der Waals surface area contributed by atoms with Gasteiger partial charge in [-0.15, -0.1) is 0 Å². The van der Waals surface area contributed by atoms with E-state index in [-0.39, 0.29) is 5.91 Å². The Morgan fingerprint density at radius 1 is 1.64 bits per heavy atom. The van der Waals surface area contributed by atoms with E-state index in [1.54, 1.807) is 0 Å². The maximum absolute atomic E-state index is 10.9. The van der Waals surface area contributed by atoms with Crippen LogP contribution in [0.2, 0.25) is 0 Å². The second kappa shape index (κ2) is 6.16. The Bertz CT molecular complexity index is 115. The standard InChI is InChI=1S/C8H18N2O/c1-3-4-7(2)10-8(11)5-6-9/h7H,3-6,9H2,1-2H3,(H,10,11). The van der Waals surface area contributed by atoms with E-state index >= 15 is 0 Å². The molecule has 0 bridgehead atoms. The predicted molar refractivity (Wildman–Crippen MR) is 46.2 cm³/mol. The third-order valence-corrected chi connectivity index (χ3v) is 1.50. The molecule has 1 atom stereocenters. The maximum atomic E-state index is 10.9. The molecule has 0 aromatic heterocycles. The highest BCUT2D eigenvalue weighted by Crippen LogP contribution is 1.94. The first-order valence-electron chi connectivity index (χ1n) is 4.20. The van der Waals surface area contributed by atoms with Gasteiger partial charge in [-0.25, -0.2) is 0 Å². The Balaban J connectivity index is 3.40. The third kappa shape index (κ3) is 5.85. The molecule has 0 aromatic carbocycles. The highest BCUT2D eigenvalue weighted by atomic mass is 16.1. The van der Waals surface area contributed by atoms with Crippen LogP contribution in [0.25, 0.3) is 0 Å². The molecule has 0 aliphatic rings. The molecule has 1 amide bonds. The van der Waals surface area contributed by atoms with Crippen molar-refractivity contribution in [2.24, 2.45) is 5.73 Å². The van der Waals surface area contributed by atoms with Gasteiger partial charge in [-0.3, -0.25) is 4.79 Å². The van der Waals surface area contributed by atoms with Crippen LogP contribution in [-0.4, -0.2) is 18.5 Å². The average Bonchev–Trinajstić information content (AvgIpc) is 1.87. The lowest BCUT2D eigenvalue weighted by Gasteiger charge is -2.11. The molecule has 0 saturated heterocycles. The lowest BCUT2D eigenvalue weighted by atomic mass is 10.2. The minimum absolute atomic E-state index is 0.0634. The van der Waals surface area contributed by atoms with Crippen molar-refractivity contribution >= 4 is 5.91 Å². The van der Waals surface area contributed by atoms with E-state index < -0.39 is 0 Å². The summed E-state index contributed by atoms with van der Waals surface area (Å²) < 4.78 is 0. The first-order chi connectivity index (χ1) is 5.20. The SMILES string of the molecule is CCCC(C)NC(=O)CCN. The Hall–Kier alpha value is -0.570. The summed E-state index contributed by atoms with van der Waals surface area (Å²) >= 11 is 0. The van der Waals surface area contributed by atoms with E-state index in [9.17, 15) is 4.79 Å². The normalized spacial score (nSPS) is 12.6. The Morgan fingerprint density at radius 2 is 2.27 bits per heavy atom. The fourth-order valence-electron chi connectivity index (χ4n) is 0.983. The number of nitrogens with one attached hydrogen (secondary N) is 1. The van der Waals surface area contributed by atoms with Gasteiger partial charge in [0.15, 0.2) is 0 Å². The van der Waals surface area contributed by atoms with Crippen LogP contribution in [-0.2, 0) is 4.79 Å². The van der Waals surface area contributed by atoms with Gasteiger partial charge in [0, 0.05) is 19.0 Å². The van der Waals surface area contributed by atoms with E-state index in [1.165, 1.54) is 0 Å². The van der Waals surface area contributed by atoms with Crippen LogP contribution in [0.4, 0.5) is 0 Å². The molecule has 11 heavy (non-hydrogen) atoms. The summed E-state index contributed by atoms with van der Waals surface area (Å²) in [4.78, 5) is 10.9. The highest BCUT2D eigenvalue weighted by molar-refractivity contribution is 5.76. The van der Waals surface area contributed by atoms with E-state index in [1.807, 2.05) is 6.92 Å². The number of amides is 1. The van der Waals surface area contributed by atoms with Crippen molar-refractivity contribution in [1.82, 2.24) is 5.32 Å². The summed E-state index contributed by atoms with van der Waals surface area (Å²) in [5, 5.41) is 2.86. The molecule has 1 unspecified atom stereocenters. The van der Waals surface area contributed by atoms with Gasteiger partial charge in [-0.05, 0) is 13.3 Å². The molecule has 0 saturated carbocycles. The number of hydrogen-bond acceptors (Lipinski definition) is 2. The van der Waals surface area contributed by atoms with Crippen molar-refractivity contribution < 1.29 is 4.79 Å². The molecule has 0 spiro atoms. The lowest BCUT2D eigenvalue weighted by molar-refractivity contribution is -0.121. The zero-order valence-electron chi connectivity index (χ0n) is 7.39. The molecular formula is C8H18N2O. The van der Waals surface area contributed by atoms with Crippen LogP contribution in [0, 0.1) is 0 Å². The quantitative estimate of drug-likeness (QED) is 0.617. The van der Waals surface area contributed by atoms with Crippen LogP contribution in [0.5, 0.6) is 0 Å². The molecule has 0 radical (unpaired) electrons. The number of carbonyl (C=O) groups is 1. The Morgan fingerprint density at radius 3 is 2.73 bits per heavy atom. The van der Waals surface area contributed by atoms with Crippen molar-refractivity contribution in [2.75, 3.05) is 6.54 Å². The summed E-state index contributed by atoms with van der Waals surface area (Å²) in [6, 6.07) is 0.291. The van der Waals surface area contributed by atoms with Crippen LogP contribution in [0.3, 0.4) is 0 Å². The summed E-state index contributed by atoms with van der Waals surface area (Å²) in [6.07, 6.45) is 2.58. The summed E-state index contributed by atoms with van der Waals surface area (Å²) in [5.74, 6) is 0.0634. The van der Waals surface area contributed by atoms with Crippen molar-refractivity contribution in [3.63, 3.8) is 0 Å². The molecule has 66 valence electrons. The Kier molecular flexibility index (Phi) is 5.84. The third-order valence-electron chi connectivity index (χ3n) is 1.50. The monoisotopic (exact) mass is 158 g/mol.